The summed E-state index contributed by atoms with van der Waals surface area (Å²) < 4.78 is 9.92. The van der Waals surface area contributed by atoms with E-state index in [1.807, 2.05) is 6.07 Å². The van der Waals surface area contributed by atoms with Crippen LogP contribution in [0.25, 0.3) is 0 Å². The number of rotatable bonds is 12. The molecule has 1 rings (SSSR count). The summed E-state index contributed by atoms with van der Waals surface area (Å²) in [6.07, 6.45) is 7.21. The first kappa shape index (κ1) is 22.3. The van der Waals surface area contributed by atoms with Crippen molar-refractivity contribution in [3.63, 3.8) is 0 Å². The summed E-state index contributed by atoms with van der Waals surface area (Å²) in [7, 11) is 1.39. The average molecular weight is 456 g/mol. The number of nitrogens with one attached hydrogen (secondary N) is 1. The maximum absolute atomic E-state index is 12.3. The normalized spacial score (nSPS) is 11.6. The summed E-state index contributed by atoms with van der Waals surface area (Å²) in [6.45, 7) is 8.31. The van der Waals surface area contributed by atoms with Crippen molar-refractivity contribution in [2.75, 3.05) is 7.11 Å². The molecule has 0 atom stereocenters. The van der Waals surface area contributed by atoms with Crippen LogP contribution < -0.4 is 3.58 Å². The van der Waals surface area contributed by atoms with E-state index in [9.17, 15) is 9.59 Å². The van der Waals surface area contributed by atoms with Crippen LogP contribution in [0.3, 0.4) is 0 Å². The van der Waals surface area contributed by atoms with Gasteiger partial charge in [0.05, 0.1) is 0 Å². The zero-order valence-electron chi connectivity index (χ0n) is 16.7. The number of hydrogen-bond donors (Lipinski definition) is 1. The second kappa shape index (κ2) is 11.0. The van der Waals surface area contributed by atoms with Crippen molar-refractivity contribution in [1.82, 2.24) is 4.98 Å². The van der Waals surface area contributed by atoms with Gasteiger partial charge in [0.25, 0.3) is 0 Å². The molecule has 0 spiro atoms. The van der Waals surface area contributed by atoms with Crippen LogP contribution in [0, 0.1) is 0 Å². The second-order valence-electron chi connectivity index (χ2n) is 7.11. The monoisotopic (exact) mass is 457 g/mol. The van der Waals surface area contributed by atoms with Crippen LogP contribution in [0.15, 0.2) is 6.07 Å². The summed E-state index contributed by atoms with van der Waals surface area (Å²) >= 11 is -2.76. The number of unbranched alkanes of at least 4 members (excludes halogenated alkanes) is 3. The molecule has 0 fully saturated rings. The van der Waals surface area contributed by atoms with E-state index in [1.165, 1.54) is 62.5 Å². The van der Waals surface area contributed by atoms with Gasteiger partial charge in [-0.05, 0) is 0 Å². The zero-order valence-corrected chi connectivity index (χ0v) is 19.5. The van der Waals surface area contributed by atoms with E-state index in [0.29, 0.717) is 11.4 Å². The first-order valence-electron chi connectivity index (χ1n) is 9.78. The molecule has 0 saturated carbocycles. The SMILES string of the molecule is CCC[CH2][Sn]([CH2]CCC)([CH2]CCC)[c]1cc(C(=O)OC)[nH]c1C(C)=O. The molecule has 0 saturated heterocycles. The number of carbonyl (C=O) groups excluding carboxylic acids is 2. The fourth-order valence-electron chi connectivity index (χ4n) is 3.69. The predicted molar refractivity (Wildman–Crippen MR) is 107 cm³/mol. The fraction of sp³-hybridized carbons (Fsp3) is 0.700. The standard InChI is InChI=1S/C8H8NO3.3C4H9.Sn/c1-5(10)6-3-4-7(9-6)8(11)12-2;3*1-3-4-2;/h4,9H,1-2H3;3*1,3-4H2,2H3;. The van der Waals surface area contributed by atoms with Crippen LogP contribution in [-0.2, 0) is 4.74 Å². The molecule has 142 valence electrons. The van der Waals surface area contributed by atoms with Crippen LogP contribution in [-0.4, -0.2) is 42.2 Å². The van der Waals surface area contributed by atoms with Crippen LogP contribution in [0.4, 0.5) is 0 Å². The number of ketones is 1. The predicted octanol–water partition coefficient (Wildman–Crippen LogP) is 5.06. The Bertz CT molecular complexity index is 544. The summed E-state index contributed by atoms with van der Waals surface area (Å²) in [6, 6.07) is 1.97. The quantitative estimate of drug-likeness (QED) is 0.272. The van der Waals surface area contributed by atoms with Gasteiger partial charge in [0.2, 0.25) is 0 Å². The van der Waals surface area contributed by atoms with E-state index in [2.05, 4.69) is 25.8 Å². The molecule has 0 aliphatic rings. The van der Waals surface area contributed by atoms with Crippen LogP contribution in [0.5, 0.6) is 0 Å². The third-order valence-corrected chi connectivity index (χ3v) is 20.8. The number of ether oxygens (including phenoxy) is 1. The van der Waals surface area contributed by atoms with Gasteiger partial charge in [0, 0.05) is 0 Å². The average Bonchev–Trinajstić information content (AvgIpc) is 3.07. The molecule has 1 N–H and O–H groups in total. The number of esters is 1. The van der Waals surface area contributed by atoms with E-state index in [4.69, 9.17) is 4.74 Å². The number of H-pyrrole nitrogens is 1. The molecule has 1 aromatic heterocycles. The van der Waals surface area contributed by atoms with Crippen LogP contribution in [0.2, 0.25) is 13.3 Å². The summed E-state index contributed by atoms with van der Waals surface area (Å²) in [5.41, 5.74) is 1.12. The Labute approximate surface area is 157 Å². The Morgan fingerprint density at radius 3 is 1.84 bits per heavy atom. The molecule has 4 nitrogen and oxygen atoms in total. The number of carbonyl (C=O) groups is 2. The van der Waals surface area contributed by atoms with Gasteiger partial charge in [-0.25, -0.2) is 0 Å². The third-order valence-electron chi connectivity index (χ3n) is 5.17. The number of Topliss-reactive ketones (excluding diaryl/α,β-unsaturated/α-hetero) is 1. The fourth-order valence-corrected chi connectivity index (χ4v) is 20.4. The van der Waals surface area contributed by atoms with E-state index >= 15 is 0 Å². The van der Waals surface area contributed by atoms with E-state index in [0.717, 1.165) is 0 Å². The molecule has 1 heterocycles. The molecule has 0 amide bonds. The first-order chi connectivity index (χ1) is 12.0. The maximum atomic E-state index is 12.3. The molecule has 0 radical (unpaired) electrons. The van der Waals surface area contributed by atoms with E-state index in [-0.39, 0.29) is 11.8 Å². The molecule has 1 aromatic rings. The molecule has 0 aromatic carbocycles. The van der Waals surface area contributed by atoms with Gasteiger partial charge in [-0.2, -0.15) is 0 Å². The van der Waals surface area contributed by atoms with Crippen molar-refractivity contribution in [1.29, 1.82) is 0 Å². The van der Waals surface area contributed by atoms with Gasteiger partial charge in [-0.1, -0.05) is 0 Å². The summed E-state index contributed by atoms with van der Waals surface area (Å²) in [5.74, 6) is -0.342. The molecule has 0 unspecified atom stereocenters. The molecule has 0 aliphatic carbocycles. The molecule has 0 bridgehead atoms. The van der Waals surface area contributed by atoms with Gasteiger partial charge in [-0.15, -0.1) is 0 Å². The van der Waals surface area contributed by atoms with Crippen molar-refractivity contribution in [3.8, 4) is 0 Å². The Kier molecular flexibility index (Phi) is 9.83. The van der Waals surface area contributed by atoms with Gasteiger partial charge < -0.3 is 0 Å². The molecular weight excluding hydrogens is 421 g/mol. The Balaban J connectivity index is 3.44. The topological polar surface area (TPSA) is 59.2 Å². The van der Waals surface area contributed by atoms with Crippen molar-refractivity contribution in [2.45, 2.75) is 79.5 Å². The number of methoxy groups -OCH3 is 1. The number of aromatic nitrogens is 1. The minimum absolute atomic E-state index is 0.0377. The second-order valence-corrected chi connectivity index (χ2v) is 20.2. The zero-order chi connectivity index (χ0) is 18.9. The van der Waals surface area contributed by atoms with Crippen molar-refractivity contribution in [3.05, 3.63) is 17.5 Å². The van der Waals surface area contributed by atoms with E-state index in [1.54, 1.807) is 6.92 Å². The van der Waals surface area contributed by atoms with Gasteiger partial charge in [-0.3, -0.25) is 0 Å². The third kappa shape index (κ3) is 5.86. The minimum atomic E-state index is -2.76. The van der Waals surface area contributed by atoms with Crippen molar-refractivity contribution in [2.24, 2.45) is 0 Å². The van der Waals surface area contributed by atoms with Crippen LogP contribution >= 0.6 is 0 Å². The Morgan fingerprint density at radius 1 is 1.00 bits per heavy atom. The van der Waals surface area contributed by atoms with Crippen molar-refractivity contribution >= 4 is 33.7 Å². The Hall–Kier alpha value is -0.781. The first-order valence-corrected chi connectivity index (χ1v) is 17.3. The van der Waals surface area contributed by atoms with Gasteiger partial charge in [0.1, 0.15) is 0 Å². The number of hydrogen-bond acceptors (Lipinski definition) is 3. The Morgan fingerprint density at radius 2 is 1.48 bits per heavy atom. The van der Waals surface area contributed by atoms with Gasteiger partial charge >= 0.3 is 157 Å². The summed E-state index contributed by atoms with van der Waals surface area (Å²) in [5, 5.41) is 0. The van der Waals surface area contributed by atoms with Crippen molar-refractivity contribution < 1.29 is 14.3 Å². The van der Waals surface area contributed by atoms with Gasteiger partial charge in [0.15, 0.2) is 0 Å². The summed E-state index contributed by atoms with van der Waals surface area (Å²) in [4.78, 5) is 27.4. The molecular formula is C20H35NO3Sn. The number of aromatic amines is 1. The molecule has 0 aliphatic heterocycles. The molecule has 5 heteroatoms. The van der Waals surface area contributed by atoms with Crippen LogP contribution in [0.1, 0.15) is 87.2 Å². The van der Waals surface area contributed by atoms with E-state index < -0.39 is 18.4 Å². The molecule has 25 heavy (non-hydrogen) atoms.